The van der Waals surface area contributed by atoms with Crippen molar-refractivity contribution in [1.29, 1.82) is 0 Å². The number of allylic oxidation sites excluding steroid dienone is 1. The van der Waals surface area contributed by atoms with Crippen LogP contribution in [0.15, 0.2) is 59.6 Å². The molecule has 9 nitrogen and oxygen atoms in total. The van der Waals surface area contributed by atoms with E-state index in [9.17, 15) is 35.8 Å². The average Bonchev–Trinajstić information content (AvgIpc) is 3.63. The topological polar surface area (TPSA) is 120 Å². The number of benzene rings is 3. The van der Waals surface area contributed by atoms with Gasteiger partial charge in [-0.05, 0) is 61.9 Å². The molecule has 1 saturated heterocycles. The van der Waals surface area contributed by atoms with Crippen molar-refractivity contribution in [3.8, 4) is 5.69 Å². The molecule has 2 heterocycles. The van der Waals surface area contributed by atoms with E-state index in [1.165, 1.54) is 25.1 Å². The van der Waals surface area contributed by atoms with Gasteiger partial charge in [0, 0.05) is 28.9 Å². The third kappa shape index (κ3) is 7.94. The van der Waals surface area contributed by atoms with Gasteiger partial charge in [0.15, 0.2) is 23.3 Å². The zero-order valence-corrected chi connectivity index (χ0v) is 26.4. The van der Waals surface area contributed by atoms with Gasteiger partial charge in [0.05, 0.1) is 23.5 Å². The van der Waals surface area contributed by atoms with Crippen LogP contribution in [0.4, 0.5) is 30.7 Å². The van der Waals surface area contributed by atoms with Gasteiger partial charge in [-0.15, -0.1) is 0 Å². The van der Waals surface area contributed by atoms with Crippen molar-refractivity contribution >= 4 is 29.1 Å². The predicted molar refractivity (Wildman–Crippen MR) is 165 cm³/mol. The first-order chi connectivity index (χ1) is 23.1. The van der Waals surface area contributed by atoms with Crippen LogP contribution in [0, 0.1) is 30.2 Å². The summed E-state index contributed by atoms with van der Waals surface area (Å²) in [6.07, 6.45) is -8.28. The van der Waals surface area contributed by atoms with Gasteiger partial charge in [-0.1, -0.05) is 23.7 Å². The number of hydrogen-bond acceptors (Lipinski definition) is 8. The molecule has 49 heavy (non-hydrogen) atoms. The van der Waals surface area contributed by atoms with Gasteiger partial charge < -0.3 is 15.6 Å². The summed E-state index contributed by atoms with van der Waals surface area (Å²) in [5.74, 6) is -5.83. The number of nitrogens with zero attached hydrogens (tertiary/aromatic N) is 4. The minimum atomic E-state index is -4.83. The number of aliphatic hydroxyl groups is 1. The van der Waals surface area contributed by atoms with E-state index in [1.807, 2.05) is 0 Å². The number of alkyl halides is 3. The summed E-state index contributed by atoms with van der Waals surface area (Å²) < 4.78 is 106. The highest BCUT2D eigenvalue weighted by atomic mass is 35.5. The van der Waals surface area contributed by atoms with Crippen LogP contribution < -0.4 is 11.2 Å². The zero-order valence-electron chi connectivity index (χ0n) is 25.7. The minimum Gasteiger partial charge on any atom is -0.398 e. The molecular formula is C32H28ClF7N6O3. The number of aromatic nitrogens is 3. The summed E-state index contributed by atoms with van der Waals surface area (Å²) in [5, 5.41) is 15.6. The first-order valence-electron chi connectivity index (χ1n) is 14.6. The fourth-order valence-corrected chi connectivity index (χ4v) is 5.24. The largest absolute Gasteiger partial charge is 0.418 e. The number of halogens is 8. The number of hydroxylamine groups is 1. The van der Waals surface area contributed by atoms with Gasteiger partial charge in [-0.25, -0.2) is 27.2 Å². The molecule has 4 unspecified atom stereocenters. The van der Waals surface area contributed by atoms with Crippen molar-refractivity contribution in [3.63, 3.8) is 0 Å². The fraction of sp³-hybridized carbons (Fsp3) is 0.281. The monoisotopic (exact) mass is 712 g/mol. The molecule has 0 bridgehead atoms. The van der Waals surface area contributed by atoms with Crippen LogP contribution in [0.3, 0.4) is 0 Å². The molecule has 17 heteroatoms. The summed E-state index contributed by atoms with van der Waals surface area (Å²) in [7, 11) is 0. The first kappa shape index (κ1) is 35.9. The van der Waals surface area contributed by atoms with Crippen molar-refractivity contribution in [3.05, 3.63) is 111 Å². The Hall–Kier alpha value is -4.35. The van der Waals surface area contributed by atoms with E-state index in [4.69, 9.17) is 26.9 Å². The quantitative estimate of drug-likeness (QED) is 0.0786. The van der Waals surface area contributed by atoms with E-state index in [-0.39, 0.29) is 45.6 Å². The number of nitrogens with two attached hydrogens (primary N) is 1. The Labute approximate surface area is 279 Å². The molecular weight excluding hydrogens is 685 g/mol. The number of nitrogens with one attached hydrogen (secondary N) is 1. The fourth-order valence-electron chi connectivity index (χ4n) is 5.07. The predicted octanol–water partition coefficient (Wildman–Crippen LogP) is 6.11. The first-order valence-corrected chi connectivity index (χ1v) is 15.0. The highest BCUT2D eigenvalue weighted by molar-refractivity contribution is 6.30. The third-order valence-electron chi connectivity index (χ3n) is 7.50. The summed E-state index contributed by atoms with van der Waals surface area (Å²) in [5.41, 5.74) is 6.27. The maximum Gasteiger partial charge on any atom is 0.418 e. The van der Waals surface area contributed by atoms with Crippen molar-refractivity contribution < 1.29 is 45.4 Å². The smallest absolute Gasteiger partial charge is 0.398 e. The molecule has 260 valence electrons. The lowest BCUT2D eigenvalue weighted by Crippen LogP contribution is -2.34. The Kier molecular flexibility index (Phi) is 10.7. The van der Waals surface area contributed by atoms with Crippen molar-refractivity contribution in [1.82, 2.24) is 20.2 Å². The number of aliphatic imine (C=N–C) groups is 1. The van der Waals surface area contributed by atoms with E-state index >= 15 is 0 Å². The van der Waals surface area contributed by atoms with Crippen molar-refractivity contribution in [2.24, 2.45) is 10.7 Å². The molecule has 4 atom stereocenters. The molecule has 1 aliphatic rings. The zero-order chi connectivity index (χ0) is 35.6. The highest BCUT2D eigenvalue weighted by Crippen LogP contribution is 2.37. The molecule has 5 rings (SSSR count). The van der Waals surface area contributed by atoms with Crippen LogP contribution >= 0.6 is 11.6 Å². The van der Waals surface area contributed by atoms with Crippen LogP contribution in [0.25, 0.3) is 17.0 Å². The van der Waals surface area contributed by atoms with Gasteiger partial charge in [-0.3, -0.25) is 9.83 Å². The van der Waals surface area contributed by atoms with Crippen molar-refractivity contribution in [2.75, 3.05) is 13.1 Å². The second kappa shape index (κ2) is 14.6. The maximum atomic E-state index is 14.7. The number of aryl methyl sites for hydroxylation is 1. The number of ether oxygens (including phenoxy) is 1. The second-order valence-electron chi connectivity index (χ2n) is 11.0. The van der Waals surface area contributed by atoms with E-state index in [2.05, 4.69) is 20.6 Å². The molecule has 0 amide bonds. The van der Waals surface area contributed by atoms with E-state index in [1.54, 1.807) is 6.92 Å². The average molecular weight is 713 g/mol. The van der Waals surface area contributed by atoms with E-state index < -0.39 is 71.7 Å². The summed E-state index contributed by atoms with van der Waals surface area (Å²) >= 11 is 6.07. The molecule has 4 N–H and O–H groups in total. The highest BCUT2D eigenvalue weighted by Gasteiger charge is 2.38. The molecule has 1 aliphatic heterocycles. The van der Waals surface area contributed by atoms with Crippen LogP contribution in [0.5, 0.6) is 0 Å². The summed E-state index contributed by atoms with van der Waals surface area (Å²) in [4.78, 5) is 13.8. The van der Waals surface area contributed by atoms with Crippen LogP contribution in [-0.4, -0.2) is 57.5 Å². The number of rotatable bonds is 10. The van der Waals surface area contributed by atoms with Crippen LogP contribution in [0.1, 0.15) is 41.4 Å². The summed E-state index contributed by atoms with van der Waals surface area (Å²) in [6, 6.07) is 9.40. The van der Waals surface area contributed by atoms with E-state index in [0.717, 1.165) is 35.2 Å². The SMILES string of the molecule is Cc1nc(C(OC2CNOC2C)C(O)CN=C/C(=C(\N)c2ccccc2F)c2cc(F)c(F)c(F)c2)n(-c2cc(Cl)ccc2C(F)(F)F)n1. The number of hydrogen-bond donors (Lipinski definition) is 3. The third-order valence-corrected chi connectivity index (χ3v) is 7.73. The Balaban J connectivity index is 1.57. The van der Waals surface area contributed by atoms with Crippen LogP contribution in [0.2, 0.25) is 5.02 Å². The lowest BCUT2D eigenvalue weighted by atomic mass is 9.99. The Morgan fingerprint density at radius 2 is 1.84 bits per heavy atom. The Morgan fingerprint density at radius 1 is 1.14 bits per heavy atom. The van der Waals surface area contributed by atoms with Crippen molar-refractivity contribution in [2.45, 2.75) is 44.4 Å². The second-order valence-corrected chi connectivity index (χ2v) is 11.4. The molecule has 4 aromatic rings. The van der Waals surface area contributed by atoms with Gasteiger partial charge in [0.2, 0.25) is 0 Å². The molecule has 1 aromatic heterocycles. The molecule has 0 saturated carbocycles. The molecule has 1 fully saturated rings. The van der Waals surface area contributed by atoms with Gasteiger partial charge in [0.1, 0.15) is 36.1 Å². The van der Waals surface area contributed by atoms with Gasteiger partial charge in [-0.2, -0.15) is 23.8 Å². The Bertz CT molecular complexity index is 1880. The lowest BCUT2D eigenvalue weighted by Gasteiger charge is -2.26. The molecule has 3 aromatic carbocycles. The molecule has 0 spiro atoms. The Morgan fingerprint density at radius 3 is 2.47 bits per heavy atom. The van der Waals surface area contributed by atoms with Gasteiger partial charge >= 0.3 is 6.18 Å². The standard InChI is InChI=1S/C32H28ClF7N6O3/c1-15-27(14-43-49-15)48-30(31-44-16(2)45-46(31)25-11-18(33)7-8-21(25)32(38,39)40)26(47)13-42-12-20(17-9-23(35)28(37)24(36)10-17)29(41)19-5-3-4-6-22(19)34/h3-12,15,26-27,30,43,47H,13-14,41H2,1-2H3/b29-20+,42-12?. The molecule has 0 radical (unpaired) electrons. The van der Waals surface area contributed by atoms with E-state index in [0.29, 0.717) is 12.1 Å². The van der Waals surface area contributed by atoms with Crippen LogP contribution in [-0.2, 0) is 15.8 Å². The maximum absolute atomic E-state index is 14.7. The lowest BCUT2D eigenvalue weighted by molar-refractivity contribution is -0.137. The minimum absolute atomic E-state index is 0.0319. The number of aliphatic hydroxyl groups excluding tert-OH is 1. The van der Waals surface area contributed by atoms with Gasteiger partial charge in [0.25, 0.3) is 0 Å². The summed E-state index contributed by atoms with van der Waals surface area (Å²) in [6.45, 7) is 2.66. The normalized spacial score (nSPS) is 18.6. The molecule has 0 aliphatic carbocycles.